The normalized spacial score (nSPS) is 34.9. The van der Waals surface area contributed by atoms with Crippen LogP contribution in [0.5, 0.6) is 0 Å². The molecule has 2 rings (SSSR count). The first-order valence-electron chi connectivity index (χ1n) is 4.98. The Bertz CT molecular complexity index is 223. The highest BCUT2D eigenvalue weighted by molar-refractivity contribution is 5.83. The van der Waals surface area contributed by atoms with Gasteiger partial charge in [0.25, 0.3) is 0 Å². The van der Waals surface area contributed by atoms with Crippen molar-refractivity contribution in [2.24, 2.45) is 17.3 Å². The monoisotopic (exact) mass is 183 g/mol. The first-order chi connectivity index (χ1) is 6.12. The van der Waals surface area contributed by atoms with Crippen molar-refractivity contribution in [1.82, 2.24) is 5.32 Å². The van der Waals surface area contributed by atoms with Crippen LogP contribution >= 0.6 is 0 Å². The molecule has 0 aromatic heterocycles. The summed E-state index contributed by atoms with van der Waals surface area (Å²) < 4.78 is 5.04. The van der Waals surface area contributed by atoms with Crippen LogP contribution < -0.4 is 5.32 Å². The van der Waals surface area contributed by atoms with Crippen LogP contribution in [0.15, 0.2) is 0 Å². The van der Waals surface area contributed by atoms with E-state index in [0.717, 1.165) is 18.4 Å². The molecule has 0 radical (unpaired) electrons. The molecule has 2 atom stereocenters. The Morgan fingerprint density at radius 2 is 2.23 bits per heavy atom. The first-order valence-corrected chi connectivity index (χ1v) is 4.98. The van der Waals surface area contributed by atoms with Crippen molar-refractivity contribution in [1.29, 1.82) is 0 Å². The molecule has 0 spiro atoms. The molecule has 2 aliphatic rings. The predicted octanol–water partition coefficient (Wildman–Crippen LogP) is 0.795. The third-order valence-corrected chi connectivity index (χ3v) is 3.19. The number of rotatable bonds is 3. The molecule has 1 aliphatic heterocycles. The molecule has 0 bridgehead atoms. The van der Waals surface area contributed by atoms with E-state index in [0.29, 0.717) is 13.2 Å². The van der Waals surface area contributed by atoms with E-state index in [4.69, 9.17) is 4.74 Å². The van der Waals surface area contributed by atoms with Gasteiger partial charge in [0.15, 0.2) is 0 Å². The van der Waals surface area contributed by atoms with Crippen molar-refractivity contribution in [2.75, 3.05) is 19.8 Å². The summed E-state index contributed by atoms with van der Waals surface area (Å²) in [5.74, 6) is 1.71. The average molecular weight is 183 g/mol. The zero-order valence-electron chi connectivity index (χ0n) is 8.30. The van der Waals surface area contributed by atoms with Gasteiger partial charge in [-0.3, -0.25) is 4.79 Å². The molecular formula is C10H17NO2. The Labute approximate surface area is 78.8 Å². The third-order valence-electron chi connectivity index (χ3n) is 3.19. The summed E-state index contributed by atoms with van der Waals surface area (Å²) in [6, 6.07) is 0. The lowest BCUT2D eigenvalue weighted by molar-refractivity contribution is -0.157. The van der Waals surface area contributed by atoms with Crippen molar-refractivity contribution in [2.45, 2.75) is 20.3 Å². The number of carbonyl (C=O) groups excluding carboxylic acids is 1. The second-order valence-corrected chi connectivity index (χ2v) is 4.74. The van der Waals surface area contributed by atoms with E-state index < -0.39 is 0 Å². The Morgan fingerprint density at radius 3 is 2.62 bits per heavy atom. The van der Waals surface area contributed by atoms with Gasteiger partial charge in [-0.25, -0.2) is 0 Å². The second kappa shape index (κ2) is 2.98. The maximum atomic E-state index is 11.6. The van der Waals surface area contributed by atoms with Crippen LogP contribution in [0, 0.1) is 17.3 Å². The summed E-state index contributed by atoms with van der Waals surface area (Å²) in [5, 5.41) is 3.00. The summed E-state index contributed by atoms with van der Waals surface area (Å²) in [4.78, 5) is 11.6. The van der Waals surface area contributed by atoms with E-state index in [2.05, 4.69) is 12.2 Å². The maximum Gasteiger partial charge on any atom is 0.230 e. The minimum Gasteiger partial charge on any atom is -0.379 e. The minimum absolute atomic E-state index is 0.165. The predicted molar refractivity (Wildman–Crippen MR) is 49.2 cm³/mol. The van der Waals surface area contributed by atoms with Gasteiger partial charge in [-0.1, -0.05) is 6.92 Å². The zero-order valence-corrected chi connectivity index (χ0v) is 8.30. The first kappa shape index (κ1) is 9.00. The molecule has 1 amide bonds. The quantitative estimate of drug-likeness (QED) is 0.702. The SMILES string of the molecule is CC1CC1CNC(=O)C1(C)COC1. The van der Waals surface area contributed by atoms with Crippen LogP contribution in [0.3, 0.4) is 0 Å². The van der Waals surface area contributed by atoms with Crippen LogP contribution in [0.25, 0.3) is 0 Å². The highest BCUT2D eigenvalue weighted by Crippen LogP contribution is 2.37. The number of nitrogens with one attached hydrogen (secondary N) is 1. The third kappa shape index (κ3) is 1.70. The number of amides is 1. The summed E-state index contributed by atoms with van der Waals surface area (Å²) in [6.45, 7) is 6.21. The molecule has 3 nitrogen and oxygen atoms in total. The Balaban J connectivity index is 1.72. The van der Waals surface area contributed by atoms with Crippen molar-refractivity contribution in [3.63, 3.8) is 0 Å². The van der Waals surface area contributed by atoms with Crippen LogP contribution in [0.4, 0.5) is 0 Å². The van der Waals surface area contributed by atoms with Crippen molar-refractivity contribution in [3.8, 4) is 0 Å². The molecule has 3 heteroatoms. The molecule has 0 aromatic carbocycles. The fourth-order valence-corrected chi connectivity index (χ4v) is 1.66. The van der Waals surface area contributed by atoms with Gasteiger partial charge in [-0.2, -0.15) is 0 Å². The molecule has 1 saturated heterocycles. The number of carbonyl (C=O) groups is 1. The molecule has 2 unspecified atom stereocenters. The molecule has 1 heterocycles. The standard InChI is InChI=1S/C10H17NO2/c1-7-3-8(7)4-11-9(12)10(2)5-13-6-10/h7-8H,3-6H2,1-2H3,(H,11,12). The largest absolute Gasteiger partial charge is 0.379 e. The van der Waals surface area contributed by atoms with E-state index in [9.17, 15) is 4.79 Å². The van der Waals surface area contributed by atoms with E-state index in [-0.39, 0.29) is 11.3 Å². The van der Waals surface area contributed by atoms with E-state index in [1.54, 1.807) is 0 Å². The van der Waals surface area contributed by atoms with Crippen LogP contribution in [-0.4, -0.2) is 25.7 Å². The lowest BCUT2D eigenvalue weighted by Gasteiger charge is -2.36. The molecule has 1 aliphatic carbocycles. The summed E-state index contributed by atoms with van der Waals surface area (Å²) in [5.41, 5.74) is -0.238. The molecule has 74 valence electrons. The van der Waals surface area contributed by atoms with Crippen LogP contribution in [-0.2, 0) is 9.53 Å². The highest BCUT2D eigenvalue weighted by Gasteiger charge is 2.42. The Morgan fingerprint density at radius 1 is 1.62 bits per heavy atom. The number of ether oxygens (including phenoxy) is 1. The molecule has 13 heavy (non-hydrogen) atoms. The van der Waals surface area contributed by atoms with Gasteiger partial charge in [0.1, 0.15) is 0 Å². The maximum absolute atomic E-state index is 11.6. The van der Waals surface area contributed by atoms with Gasteiger partial charge in [0.2, 0.25) is 5.91 Å². The van der Waals surface area contributed by atoms with E-state index in [1.807, 2.05) is 6.92 Å². The second-order valence-electron chi connectivity index (χ2n) is 4.74. The summed E-state index contributed by atoms with van der Waals surface area (Å²) in [6.07, 6.45) is 1.27. The average Bonchev–Trinajstić information content (AvgIpc) is 2.73. The zero-order chi connectivity index (χ0) is 9.47. The van der Waals surface area contributed by atoms with Gasteiger partial charge in [0.05, 0.1) is 18.6 Å². The lowest BCUT2D eigenvalue weighted by Crippen LogP contribution is -2.52. The van der Waals surface area contributed by atoms with Crippen molar-refractivity contribution >= 4 is 5.91 Å². The van der Waals surface area contributed by atoms with Gasteiger partial charge >= 0.3 is 0 Å². The molecule has 0 aromatic rings. The minimum atomic E-state index is -0.238. The lowest BCUT2D eigenvalue weighted by atomic mass is 9.87. The fraction of sp³-hybridized carbons (Fsp3) is 0.900. The van der Waals surface area contributed by atoms with E-state index >= 15 is 0 Å². The van der Waals surface area contributed by atoms with Crippen LogP contribution in [0.1, 0.15) is 20.3 Å². The van der Waals surface area contributed by atoms with Gasteiger partial charge < -0.3 is 10.1 Å². The highest BCUT2D eigenvalue weighted by atomic mass is 16.5. The van der Waals surface area contributed by atoms with Crippen molar-refractivity contribution < 1.29 is 9.53 Å². The molecule has 1 saturated carbocycles. The Kier molecular flexibility index (Phi) is 2.06. The van der Waals surface area contributed by atoms with Crippen LogP contribution in [0.2, 0.25) is 0 Å². The topological polar surface area (TPSA) is 38.3 Å². The number of hydrogen-bond donors (Lipinski definition) is 1. The molecule has 1 N–H and O–H groups in total. The van der Waals surface area contributed by atoms with E-state index in [1.165, 1.54) is 6.42 Å². The number of hydrogen-bond acceptors (Lipinski definition) is 2. The molecular weight excluding hydrogens is 166 g/mol. The van der Waals surface area contributed by atoms with Gasteiger partial charge in [0, 0.05) is 6.54 Å². The smallest absolute Gasteiger partial charge is 0.230 e. The van der Waals surface area contributed by atoms with Gasteiger partial charge in [-0.15, -0.1) is 0 Å². The van der Waals surface area contributed by atoms with Gasteiger partial charge in [-0.05, 0) is 25.2 Å². The fourth-order valence-electron chi connectivity index (χ4n) is 1.66. The summed E-state index contributed by atoms with van der Waals surface area (Å²) in [7, 11) is 0. The summed E-state index contributed by atoms with van der Waals surface area (Å²) >= 11 is 0. The Hall–Kier alpha value is -0.570. The molecule has 2 fully saturated rings. The van der Waals surface area contributed by atoms with Crippen molar-refractivity contribution in [3.05, 3.63) is 0 Å².